The molecule has 1 saturated heterocycles. The fourth-order valence-electron chi connectivity index (χ4n) is 1.98. The van der Waals surface area contributed by atoms with Crippen LogP contribution in [0.25, 0.3) is 0 Å². The van der Waals surface area contributed by atoms with Gasteiger partial charge in [-0.3, -0.25) is 4.90 Å². The molecule has 1 fully saturated rings. The second-order valence-corrected chi connectivity index (χ2v) is 5.87. The van der Waals surface area contributed by atoms with Gasteiger partial charge in [0.15, 0.2) is 0 Å². The largest absolute Gasteiger partial charge is 0.466 e. The first kappa shape index (κ1) is 14.6. The number of nitrogens with zero attached hydrogens (tertiary/aromatic N) is 1. The molecule has 0 radical (unpaired) electrons. The third kappa shape index (κ3) is 4.03. The summed E-state index contributed by atoms with van der Waals surface area (Å²) in [6.07, 6.45) is 2.75. The predicted octanol–water partition coefficient (Wildman–Crippen LogP) is 2.32. The minimum absolute atomic E-state index is 0.195. The van der Waals surface area contributed by atoms with Crippen LogP contribution < -0.4 is 0 Å². The summed E-state index contributed by atoms with van der Waals surface area (Å²) >= 11 is 2.03. The van der Waals surface area contributed by atoms with Gasteiger partial charge in [0.05, 0.1) is 7.11 Å². The Morgan fingerprint density at radius 3 is 2.82 bits per heavy atom. The van der Waals surface area contributed by atoms with Crippen LogP contribution in [0, 0.1) is 0 Å². The highest BCUT2D eigenvalue weighted by Gasteiger charge is 2.24. The van der Waals surface area contributed by atoms with Crippen LogP contribution in [-0.4, -0.2) is 48.1 Å². The molecule has 3 nitrogen and oxygen atoms in total. The Labute approximate surface area is 109 Å². The van der Waals surface area contributed by atoms with E-state index >= 15 is 0 Å². The highest BCUT2D eigenvalue weighted by atomic mass is 32.2. The van der Waals surface area contributed by atoms with Crippen molar-refractivity contribution in [2.75, 3.05) is 26.0 Å². The minimum Gasteiger partial charge on any atom is -0.466 e. The maximum atomic E-state index is 11.4. The summed E-state index contributed by atoms with van der Waals surface area (Å²) in [7, 11) is 1.44. The number of rotatable bonds is 4. The van der Waals surface area contributed by atoms with Crippen molar-refractivity contribution >= 4 is 17.7 Å². The molecule has 1 aliphatic heterocycles. The minimum atomic E-state index is -0.195. The van der Waals surface area contributed by atoms with Crippen molar-refractivity contribution in [3.8, 4) is 0 Å². The molecule has 0 bridgehead atoms. The average molecular weight is 257 g/mol. The molecule has 1 rings (SSSR count). The molecular weight excluding hydrogens is 234 g/mol. The quantitative estimate of drug-likeness (QED) is 0.571. The average Bonchev–Trinajstić information content (AvgIpc) is 2.34. The molecule has 0 aromatic rings. The van der Waals surface area contributed by atoms with Crippen molar-refractivity contribution in [3.05, 3.63) is 11.6 Å². The Morgan fingerprint density at radius 1 is 1.53 bits per heavy atom. The lowest BCUT2D eigenvalue weighted by Crippen LogP contribution is -2.44. The first-order valence-electron chi connectivity index (χ1n) is 6.23. The molecule has 4 heteroatoms. The van der Waals surface area contributed by atoms with Crippen LogP contribution >= 0.6 is 11.8 Å². The highest BCUT2D eigenvalue weighted by molar-refractivity contribution is 8.00. The molecule has 0 aromatic heterocycles. The summed E-state index contributed by atoms with van der Waals surface area (Å²) in [5, 5.41) is 0.667. The van der Waals surface area contributed by atoms with Crippen LogP contribution in [0.2, 0.25) is 0 Å². The fraction of sp³-hybridized carbons (Fsp3) is 0.769. The topological polar surface area (TPSA) is 29.5 Å². The van der Waals surface area contributed by atoms with E-state index in [-0.39, 0.29) is 5.97 Å². The number of carbonyl (C=O) groups excluding carboxylic acids is 1. The second-order valence-electron chi connectivity index (χ2n) is 4.39. The molecule has 0 aromatic carbocycles. The number of hydrogen-bond acceptors (Lipinski definition) is 4. The van der Waals surface area contributed by atoms with E-state index in [2.05, 4.69) is 18.7 Å². The van der Waals surface area contributed by atoms with Crippen molar-refractivity contribution in [3.63, 3.8) is 0 Å². The summed E-state index contributed by atoms with van der Waals surface area (Å²) in [6.45, 7) is 8.47. The molecular formula is C13H23NO2S. The van der Waals surface area contributed by atoms with E-state index in [1.54, 1.807) is 0 Å². The van der Waals surface area contributed by atoms with Gasteiger partial charge in [-0.15, -0.1) is 0 Å². The smallest absolute Gasteiger partial charge is 0.333 e. The van der Waals surface area contributed by atoms with Gasteiger partial charge in [0, 0.05) is 35.7 Å². The van der Waals surface area contributed by atoms with E-state index in [9.17, 15) is 4.79 Å². The number of ether oxygens (including phenoxy) is 1. The summed E-state index contributed by atoms with van der Waals surface area (Å²) in [6, 6.07) is 0.570. The Bertz CT molecular complexity index is 291. The van der Waals surface area contributed by atoms with Crippen LogP contribution in [0.4, 0.5) is 0 Å². The van der Waals surface area contributed by atoms with E-state index in [1.165, 1.54) is 12.9 Å². The standard InChI is InChI=1S/C13H23NO2S/c1-5-12(13(15)16-4)6-7-14-8-9-17-11(3)10(14)2/h6,10-11H,5,7-9H2,1-4H3. The molecule has 98 valence electrons. The van der Waals surface area contributed by atoms with Crippen LogP contribution in [-0.2, 0) is 9.53 Å². The predicted molar refractivity (Wildman–Crippen MR) is 73.3 cm³/mol. The van der Waals surface area contributed by atoms with Gasteiger partial charge in [-0.25, -0.2) is 4.79 Å². The van der Waals surface area contributed by atoms with Gasteiger partial charge in [0.2, 0.25) is 0 Å². The van der Waals surface area contributed by atoms with Gasteiger partial charge in [0.1, 0.15) is 0 Å². The van der Waals surface area contributed by atoms with Gasteiger partial charge >= 0.3 is 5.97 Å². The molecule has 0 amide bonds. The van der Waals surface area contributed by atoms with E-state index in [4.69, 9.17) is 4.74 Å². The van der Waals surface area contributed by atoms with Crippen molar-refractivity contribution in [2.45, 2.75) is 38.5 Å². The van der Waals surface area contributed by atoms with E-state index in [0.29, 0.717) is 11.3 Å². The Kier molecular flexibility index (Phi) is 6.06. The van der Waals surface area contributed by atoms with Crippen LogP contribution in [0.15, 0.2) is 11.6 Å². The lowest BCUT2D eigenvalue weighted by molar-refractivity contribution is -0.136. The molecule has 0 saturated carbocycles. The summed E-state index contributed by atoms with van der Waals surface area (Å²) in [4.78, 5) is 13.9. The fourth-order valence-corrected chi connectivity index (χ4v) is 3.15. The van der Waals surface area contributed by atoms with Gasteiger partial charge in [-0.2, -0.15) is 11.8 Å². The zero-order valence-corrected chi connectivity index (χ0v) is 12.0. The summed E-state index contributed by atoms with van der Waals surface area (Å²) in [5.74, 6) is 0.985. The number of esters is 1. The summed E-state index contributed by atoms with van der Waals surface area (Å²) < 4.78 is 4.76. The van der Waals surface area contributed by atoms with Crippen LogP contribution in [0.3, 0.4) is 0 Å². The van der Waals surface area contributed by atoms with Crippen molar-refractivity contribution in [2.24, 2.45) is 0 Å². The van der Waals surface area contributed by atoms with Gasteiger partial charge in [-0.1, -0.05) is 19.9 Å². The molecule has 1 aliphatic rings. The number of thioether (sulfide) groups is 1. The highest BCUT2D eigenvalue weighted by Crippen LogP contribution is 2.24. The SMILES string of the molecule is CCC(=CCN1CCSC(C)C1C)C(=O)OC. The Morgan fingerprint density at radius 2 is 2.24 bits per heavy atom. The van der Waals surface area contributed by atoms with Gasteiger partial charge in [-0.05, 0) is 13.3 Å². The zero-order chi connectivity index (χ0) is 12.8. The zero-order valence-electron chi connectivity index (χ0n) is 11.2. The molecule has 0 aliphatic carbocycles. The molecule has 17 heavy (non-hydrogen) atoms. The third-order valence-electron chi connectivity index (χ3n) is 3.42. The van der Waals surface area contributed by atoms with E-state index in [1.807, 2.05) is 24.8 Å². The first-order chi connectivity index (χ1) is 8.10. The maximum Gasteiger partial charge on any atom is 0.333 e. The normalized spacial score (nSPS) is 26.9. The Balaban J connectivity index is 2.58. The second kappa shape index (κ2) is 7.07. The molecule has 2 atom stereocenters. The maximum absolute atomic E-state index is 11.4. The molecule has 1 heterocycles. The third-order valence-corrected chi connectivity index (χ3v) is 4.75. The lowest BCUT2D eigenvalue weighted by atomic mass is 10.1. The number of methoxy groups -OCH3 is 1. The van der Waals surface area contributed by atoms with Gasteiger partial charge < -0.3 is 4.74 Å². The van der Waals surface area contributed by atoms with E-state index in [0.717, 1.165) is 25.1 Å². The van der Waals surface area contributed by atoms with Crippen molar-refractivity contribution < 1.29 is 9.53 Å². The van der Waals surface area contributed by atoms with Crippen LogP contribution in [0.5, 0.6) is 0 Å². The van der Waals surface area contributed by atoms with Crippen molar-refractivity contribution in [1.29, 1.82) is 0 Å². The van der Waals surface area contributed by atoms with E-state index < -0.39 is 0 Å². The lowest BCUT2D eigenvalue weighted by Gasteiger charge is -2.36. The Hall–Kier alpha value is -0.480. The molecule has 2 unspecified atom stereocenters. The van der Waals surface area contributed by atoms with Gasteiger partial charge in [0.25, 0.3) is 0 Å². The number of hydrogen-bond donors (Lipinski definition) is 0. The number of carbonyl (C=O) groups is 1. The molecule has 0 N–H and O–H groups in total. The monoisotopic (exact) mass is 257 g/mol. The van der Waals surface area contributed by atoms with Crippen molar-refractivity contribution in [1.82, 2.24) is 4.90 Å². The first-order valence-corrected chi connectivity index (χ1v) is 7.28. The molecule has 0 spiro atoms. The summed E-state index contributed by atoms with van der Waals surface area (Å²) in [5.41, 5.74) is 0.783. The van der Waals surface area contributed by atoms with Crippen LogP contribution in [0.1, 0.15) is 27.2 Å².